The Hall–Kier alpha value is -2.09. The first-order valence-electron chi connectivity index (χ1n) is 5.81. The number of hydrogen-bond acceptors (Lipinski definition) is 1. The molecule has 1 aliphatic heterocycles. The first kappa shape index (κ1) is 10.1. The van der Waals surface area contributed by atoms with Gasteiger partial charge in [-0.3, -0.25) is 5.73 Å². The van der Waals surface area contributed by atoms with Crippen molar-refractivity contribution in [3.8, 4) is 0 Å². The summed E-state index contributed by atoms with van der Waals surface area (Å²) in [6.45, 7) is 2.98. The highest BCUT2D eigenvalue weighted by molar-refractivity contribution is 5.97. The highest BCUT2D eigenvalue weighted by Crippen LogP contribution is 2.25. The molecule has 0 unspecified atom stereocenters. The highest BCUT2D eigenvalue weighted by atomic mass is 15.1. The Morgan fingerprint density at radius 3 is 2.47 bits per heavy atom. The molecule has 84 valence electrons. The van der Waals surface area contributed by atoms with E-state index in [4.69, 9.17) is 5.73 Å². The first-order valence-corrected chi connectivity index (χ1v) is 5.81. The van der Waals surface area contributed by atoms with Crippen molar-refractivity contribution in [1.82, 2.24) is 0 Å². The van der Waals surface area contributed by atoms with Crippen LogP contribution in [0.3, 0.4) is 0 Å². The Morgan fingerprint density at radius 1 is 1.00 bits per heavy atom. The van der Waals surface area contributed by atoms with Gasteiger partial charge in [-0.25, -0.2) is 4.58 Å². The Balaban J connectivity index is 2.15. The highest BCUT2D eigenvalue weighted by Gasteiger charge is 2.25. The third kappa shape index (κ3) is 1.53. The van der Waals surface area contributed by atoms with E-state index in [2.05, 4.69) is 54.0 Å². The molecule has 2 aromatic rings. The van der Waals surface area contributed by atoms with Crippen LogP contribution in [0.5, 0.6) is 0 Å². The zero-order valence-electron chi connectivity index (χ0n) is 9.85. The second-order valence-corrected chi connectivity index (χ2v) is 4.42. The molecule has 0 fully saturated rings. The monoisotopic (exact) mass is 223 g/mol. The van der Waals surface area contributed by atoms with Crippen molar-refractivity contribution in [3.63, 3.8) is 0 Å². The minimum Gasteiger partial charge on any atom is -0.286 e. The zero-order chi connectivity index (χ0) is 11.8. The zero-order valence-corrected chi connectivity index (χ0v) is 9.85. The van der Waals surface area contributed by atoms with Crippen molar-refractivity contribution in [1.29, 1.82) is 0 Å². The van der Waals surface area contributed by atoms with Gasteiger partial charge in [0.05, 0.1) is 5.56 Å². The number of amidine groups is 1. The van der Waals surface area contributed by atoms with Crippen LogP contribution < -0.4 is 5.73 Å². The fourth-order valence-electron chi connectivity index (χ4n) is 2.39. The standard InChI is InChI=1S/C15H14N2/c1-11-6-2-5-9-14(11)17-10-12-7-3-4-8-13(12)15(17)16/h2-9,16H,10H2,1H3/p+1. The molecule has 0 aromatic heterocycles. The lowest BCUT2D eigenvalue weighted by molar-refractivity contribution is -0.453. The summed E-state index contributed by atoms with van der Waals surface area (Å²) in [5.41, 5.74) is 11.1. The quantitative estimate of drug-likeness (QED) is 0.740. The molecule has 0 radical (unpaired) electrons. The van der Waals surface area contributed by atoms with Gasteiger partial charge in [-0.1, -0.05) is 36.4 Å². The molecule has 0 aliphatic carbocycles. The van der Waals surface area contributed by atoms with E-state index in [9.17, 15) is 0 Å². The minimum absolute atomic E-state index is 0.856. The van der Waals surface area contributed by atoms with E-state index in [-0.39, 0.29) is 0 Å². The van der Waals surface area contributed by atoms with Crippen LogP contribution in [0.15, 0.2) is 48.5 Å². The minimum atomic E-state index is 0.856. The van der Waals surface area contributed by atoms with Crippen molar-refractivity contribution in [2.24, 2.45) is 5.73 Å². The average Bonchev–Trinajstić information content (AvgIpc) is 2.68. The van der Waals surface area contributed by atoms with E-state index in [0.29, 0.717) is 0 Å². The molecule has 0 saturated heterocycles. The van der Waals surface area contributed by atoms with Gasteiger partial charge >= 0.3 is 0 Å². The van der Waals surface area contributed by atoms with Gasteiger partial charge in [0.25, 0.3) is 5.84 Å². The Morgan fingerprint density at radius 2 is 1.71 bits per heavy atom. The second kappa shape index (κ2) is 3.74. The van der Waals surface area contributed by atoms with E-state index in [1.165, 1.54) is 16.8 Å². The molecule has 17 heavy (non-hydrogen) atoms. The molecule has 2 heteroatoms. The molecular weight excluding hydrogens is 208 g/mol. The maximum Gasteiger partial charge on any atom is 0.280 e. The molecule has 2 aromatic carbocycles. The van der Waals surface area contributed by atoms with Gasteiger partial charge in [-0.15, -0.1) is 0 Å². The summed E-state index contributed by atoms with van der Waals surface area (Å²) in [5, 5.41) is 0. The molecule has 0 atom stereocenters. The van der Waals surface area contributed by atoms with E-state index in [1.54, 1.807) is 0 Å². The molecule has 3 rings (SSSR count). The summed E-state index contributed by atoms with van der Waals surface area (Å²) >= 11 is 0. The molecule has 1 heterocycles. The largest absolute Gasteiger partial charge is 0.286 e. The summed E-state index contributed by atoms with van der Waals surface area (Å²) in [7, 11) is 0. The van der Waals surface area contributed by atoms with Crippen LogP contribution in [0.2, 0.25) is 0 Å². The van der Waals surface area contributed by atoms with E-state index in [0.717, 1.165) is 17.9 Å². The van der Waals surface area contributed by atoms with Crippen LogP contribution in [0.25, 0.3) is 0 Å². The molecule has 1 aliphatic rings. The number of hydrogen-bond donors (Lipinski definition) is 1. The van der Waals surface area contributed by atoms with Crippen molar-refractivity contribution in [2.75, 3.05) is 0 Å². The van der Waals surface area contributed by atoms with Crippen LogP contribution in [0, 0.1) is 6.92 Å². The van der Waals surface area contributed by atoms with Gasteiger partial charge in [-0.05, 0) is 24.6 Å². The summed E-state index contributed by atoms with van der Waals surface area (Å²) in [6.07, 6.45) is 0. The molecule has 2 nitrogen and oxygen atoms in total. The number of nitrogens with two attached hydrogens (primary N) is 1. The first-order chi connectivity index (χ1) is 8.27. The molecular formula is C15H15N2+. The van der Waals surface area contributed by atoms with E-state index >= 15 is 0 Å². The predicted molar refractivity (Wildman–Crippen MR) is 69.5 cm³/mol. The molecule has 0 bridgehead atoms. The second-order valence-electron chi connectivity index (χ2n) is 4.42. The third-order valence-electron chi connectivity index (χ3n) is 3.32. The number of rotatable bonds is 1. The lowest BCUT2D eigenvalue weighted by Gasteiger charge is -2.05. The molecule has 0 spiro atoms. The topological polar surface area (TPSA) is 29.0 Å². The van der Waals surface area contributed by atoms with E-state index < -0.39 is 0 Å². The fourth-order valence-corrected chi connectivity index (χ4v) is 2.39. The molecule has 0 amide bonds. The smallest absolute Gasteiger partial charge is 0.280 e. The van der Waals surface area contributed by atoms with Crippen LogP contribution in [-0.2, 0) is 6.54 Å². The third-order valence-corrected chi connectivity index (χ3v) is 3.32. The molecule has 2 N–H and O–H groups in total. The average molecular weight is 223 g/mol. The summed E-state index contributed by atoms with van der Waals surface area (Å²) in [6, 6.07) is 16.7. The summed E-state index contributed by atoms with van der Waals surface area (Å²) < 4.78 is 2.18. The van der Waals surface area contributed by atoms with Gasteiger partial charge in [0.15, 0.2) is 0 Å². The summed E-state index contributed by atoms with van der Waals surface area (Å²) in [4.78, 5) is 0. The SMILES string of the molecule is Cc1ccccc1[N+]1=C(N)c2ccccc2C1. The van der Waals surface area contributed by atoms with Crippen molar-refractivity contribution in [3.05, 3.63) is 65.2 Å². The lowest BCUT2D eigenvalue weighted by atomic mass is 10.1. The Bertz CT molecular complexity index is 612. The van der Waals surface area contributed by atoms with Gasteiger partial charge in [0, 0.05) is 5.56 Å². The predicted octanol–water partition coefficient (Wildman–Crippen LogP) is 2.56. The summed E-state index contributed by atoms with van der Waals surface area (Å²) in [5.74, 6) is 0.856. The van der Waals surface area contributed by atoms with Gasteiger partial charge in [-0.2, -0.15) is 0 Å². The fraction of sp³-hybridized carbons (Fsp3) is 0.133. The maximum absolute atomic E-state index is 6.23. The number of fused-ring (bicyclic) bond motifs is 1. The van der Waals surface area contributed by atoms with Crippen molar-refractivity contribution in [2.45, 2.75) is 13.5 Å². The lowest BCUT2D eigenvalue weighted by Crippen LogP contribution is -2.20. The Kier molecular flexibility index (Phi) is 2.22. The molecule has 0 saturated carbocycles. The van der Waals surface area contributed by atoms with Crippen molar-refractivity contribution >= 4 is 11.5 Å². The normalized spacial score (nSPS) is 13.9. The van der Waals surface area contributed by atoms with Crippen LogP contribution >= 0.6 is 0 Å². The maximum atomic E-state index is 6.23. The van der Waals surface area contributed by atoms with Gasteiger partial charge in [0.2, 0.25) is 0 Å². The number of aryl methyl sites for hydroxylation is 1. The van der Waals surface area contributed by atoms with Crippen molar-refractivity contribution < 1.29 is 4.58 Å². The number of benzene rings is 2. The van der Waals surface area contributed by atoms with Crippen LogP contribution in [-0.4, -0.2) is 10.4 Å². The van der Waals surface area contributed by atoms with Crippen LogP contribution in [0.4, 0.5) is 5.69 Å². The van der Waals surface area contributed by atoms with Gasteiger partial charge < -0.3 is 0 Å². The number of nitrogens with zero attached hydrogens (tertiary/aromatic N) is 1. The van der Waals surface area contributed by atoms with Crippen LogP contribution in [0.1, 0.15) is 16.7 Å². The Labute approximate surface area is 101 Å². The van der Waals surface area contributed by atoms with Gasteiger partial charge in [0.1, 0.15) is 12.2 Å². The number of para-hydroxylation sites is 1. The van der Waals surface area contributed by atoms with E-state index in [1.807, 2.05) is 6.07 Å².